The minimum atomic E-state index is -1.23. The van der Waals surface area contributed by atoms with Crippen molar-refractivity contribution in [2.24, 2.45) is 4.99 Å². The number of halogens is 2. The maximum atomic E-state index is 14.2. The molecule has 3 aromatic carbocycles. The molecule has 8 heteroatoms. The lowest BCUT2D eigenvalue weighted by Crippen LogP contribution is -2.52. The van der Waals surface area contributed by atoms with Crippen LogP contribution in [0.1, 0.15) is 30.0 Å². The smallest absolute Gasteiger partial charge is 0.252 e. The predicted octanol–water partition coefficient (Wildman–Crippen LogP) is 4.81. The predicted molar refractivity (Wildman–Crippen MR) is 140 cm³/mol. The fourth-order valence-electron chi connectivity index (χ4n) is 4.03. The Morgan fingerprint density at radius 1 is 1.14 bits per heavy atom. The first-order chi connectivity index (χ1) is 17.4. The van der Waals surface area contributed by atoms with Crippen molar-refractivity contribution in [1.29, 1.82) is 0 Å². The van der Waals surface area contributed by atoms with Crippen LogP contribution in [-0.4, -0.2) is 41.8 Å². The highest BCUT2D eigenvalue weighted by Gasteiger charge is 2.50. The molecule has 1 amide bonds. The molecule has 3 aromatic rings. The molecule has 2 N–H and O–H groups in total. The molecule has 0 unspecified atom stereocenters. The summed E-state index contributed by atoms with van der Waals surface area (Å²) in [4.78, 5) is 18.5. The number of hydrogen-bond donors (Lipinski definition) is 2. The Balaban J connectivity index is 1.61. The van der Waals surface area contributed by atoms with Gasteiger partial charge in [0.1, 0.15) is 17.7 Å². The number of nitrogens with one attached hydrogen (secondary N) is 1. The summed E-state index contributed by atoms with van der Waals surface area (Å²) < 4.78 is 26.8. The summed E-state index contributed by atoms with van der Waals surface area (Å²) in [5.74, 6) is 0.325. The van der Waals surface area contributed by atoms with Crippen molar-refractivity contribution < 1.29 is 23.8 Å². The third-order valence-electron chi connectivity index (χ3n) is 6.11. The van der Waals surface area contributed by atoms with Gasteiger partial charge in [-0.1, -0.05) is 46.3 Å². The van der Waals surface area contributed by atoms with Gasteiger partial charge in [-0.3, -0.25) is 4.79 Å². The molecule has 1 heterocycles. The van der Waals surface area contributed by atoms with Gasteiger partial charge in [-0.15, -0.1) is 0 Å². The van der Waals surface area contributed by atoms with Gasteiger partial charge in [0.05, 0.1) is 6.61 Å². The quantitative estimate of drug-likeness (QED) is 0.352. The highest BCUT2D eigenvalue weighted by Crippen LogP contribution is 2.33. The van der Waals surface area contributed by atoms with Gasteiger partial charge in [0, 0.05) is 41.6 Å². The summed E-state index contributed by atoms with van der Waals surface area (Å²) in [7, 11) is 0. The second-order valence-electron chi connectivity index (χ2n) is 8.63. The average Bonchev–Trinajstić information content (AvgIpc) is 3.22. The summed E-state index contributed by atoms with van der Waals surface area (Å²) in [5.41, 5.74) is 0.811. The lowest BCUT2D eigenvalue weighted by Gasteiger charge is -2.28. The molecular weight excluding hydrogens is 527 g/mol. The topological polar surface area (TPSA) is 80.2 Å². The van der Waals surface area contributed by atoms with Crippen molar-refractivity contribution >= 4 is 27.7 Å². The molecule has 6 nitrogen and oxygen atoms in total. The van der Waals surface area contributed by atoms with Crippen molar-refractivity contribution in [3.05, 3.63) is 99.8 Å². The third-order valence-corrected chi connectivity index (χ3v) is 6.64. The maximum Gasteiger partial charge on any atom is 0.252 e. The van der Waals surface area contributed by atoms with Crippen LogP contribution in [0.4, 0.5) is 4.39 Å². The number of carbonyl (C=O) groups excluding carboxylic acids is 1. The van der Waals surface area contributed by atoms with Crippen LogP contribution in [0.15, 0.2) is 82.3 Å². The highest BCUT2D eigenvalue weighted by atomic mass is 79.9. The van der Waals surface area contributed by atoms with Crippen molar-refractivity contribution in [1.82, 2.24) is 5.32 Å². The zero-order valence-electron chi connectivity index (χ0n) is 19.9. The van der Waals surface area contributed by atoms with E-state index >= 15 is 0 Å². The average molecular weight is 555 g/mol. The molecular formula is C28H28BrFN2O4. The molecule has 188 valence electrons. The Hall–Kier alpha value is -3.23. The van der Waals surface area contributed by atoms with Crippen LogP contribution in [0.5, 0.6) is 5.75 Å². The van der Waals surface area contributed by atoms with Crippen LogP contribution in [-0.2, 0) is 22.5 Å². The molecule has 0 saturated carbocycles. The minimum Gasteiger partial charge on any atom is -0.494 e. The van der Waals surface area contributed by atoms with E-state index in [1.165, 1.54) is 6.07 Å². The van der Waals surface area contributed by atoms with E-state index in [9.17, 15) is 9.18 Å². The number of benzene rings is 3. The number of carbonyl (C=O) groups is 1. The second kappa shape index (κ2) is 11.7. The third kappa shape index (κ3) is 5.94. The molecule has 36 heavy (non-hydrogen) atoms. The Kier molecular flexibility index (Phi) is 8.38. The molecule has 2 atom stereocenters. The number of aliphatic hydroxyl groups excluding tert-OH is 1. The zero-order chi connectivity index (χ0) is 25.5. The molecule has 0 aromatic heterocycles. The molecule has 0 saturated heterocycles. The van der Waals surface area contributed by atoms with E-state index in [0.717, 1.165) is 15.6 Å². The van der Waals surface area contributed by atoms with Crippen LogP contribution in [0.2, 0.25) is 0 Å². The van der Waals surface area contributed by atoms with Gasteiger partial charge < -0.3 is 19.9 Å². The molecule has 1 aliphatic rings. The van der Waals surface area contributed by atoms with Crippen molar-refractivity contribution in [2.45, 2.75) is 38.0 Å². The van der Waals surface area contributed by atoms with Gasteiger partial charge in [0.15, 0.2) is 5.54 Å². The number of ether oxygens (including phenoxy) is 2. The Morgan fingerprint density at radius 2 is 1.86 bits per heavy atom. The molecule has 0 radical (unpaired) electrons. The summed E-state index contributed by atoms with van der Waals surface area (Å²) in [6, 6.07) is 21.3. The van der Waals surface area contributed by atoms with Gasteiger partial charge in [0.2, 0.25) is 5.90 Å². The van der Waals surface area contributed by atoms with Gasteiger partial charge in [-0.05, 0) is 55.0 Å². The Labute approximate surface area is 218 Å². The van der Waals surface area contributed by atoms with Gasteiger partial charge >= 0.3 is 0 Å². The van der Waals surface area contributed by atoms with Crippen LogP contribution in [0.3, 0.4) is 0 Å². The minimum absolute atomic E-state index is 0.0467. The maximum absolute atomic E-state index is 14.2. The van der Waals surface area contributed by atoms with Crippen LogP contribution >= 0.6 is 15.9 Å². The van der Waals surface area contributed by atoms with E-state index in [1.807, 2.05) is 43.3 Å². The van der Waals surface area contributed by atoms with Gasteiger partial charge in [-0.25, -0.2) is 9.38 Å². The second-order valence-corrected chi connectivity index (χ2v) is 9.54. The first kappa shape index (κ1) is 25.9. The summed E-state index contributed by atoms with van der Waals surface area (Å²) in [5, 5.41) is 11.8. The molecule has 0 spiro atoms. The number of nitrogens with zero attached hydrogens (tertiary/aromatic N) is 1. The molecule has 0 bridgehead atoms. The van der Waals surface area contributed by atoms with E-state index in [0.29, 0.717) is 36.7 Å². The van der Waals surface area contributed by atoms with Gasteiger partial charge in [-0.2, -0.15) is 0 Å². The zero-order valence-corrected chi connectivity index (χ0v) is 21.5. The Morgan fingerprint density at radius 3 is 2.56 bits per heavy atom. The van der Waals surface area contributed by atoms with Crippen LogP contribution < -0.4 is 10.1 Å². The first-order valence-electron chi connectivity index (χ1n) is 11.8. The van der Waals surface area contributed by atoms with Crippen molar-refractivity contribution in [2.75, 3.05) is 13.2 Å². The van der Waals surface area contributed by atoms with E-state index in [2.05, 4.69) is 21.2 Å². The molecule has 0 fully saturated rings. The fourth-order valence-corrected chi connectivity index (χ4v) is 4.29. The van der Waals surface area contributed by atoms with Crippen molar-refractivity contribution in [3.63, 3.8) is 0 Å². The number of amides is 1. The number of rotatable bonds is 10. The standard InChI is InChI=1S/C28H28BrFN2O4/c1-19-28(17-20-7-11-23(29)12-8-20,27(34)31-18-22-5-2-3-6-25(22)30)32-26(36-19)21-9-13-24(14-10-21)35-16-4-15-33/h2-3,5-14,19,33H,4,15-18H2,1H3,(H,31,34)/t19-,28-/m1/s1. The summed E-state index contributed by atoms with van der Waals surface area (Å²) in [6.45, 7) is 2.36. The van der Waals surface area contributed by atoms with E-state index < -0.39 is 11.6 Å². The number of hydrogen-bond acceptors (Lipinski definition) is 5. The molecule has 1 aliphatic heterocycles. The fraction of sp³-hybridized carbons (Fsp3) is 0.286. The Bertz CT molecular complexity index is 1220. The number of aliphatic imine (C=N–C) groups is 1. The molecule has 4 rings (SSSR count). The van der Waals surface area contributed by atoms with Gasteiger partial charge in [0.25, 0.3) is 5.91 Å². The summed E-state index contributed by atoms with van der Waals surface area (Å²) >= 11 is 3.45. The highest BCUT2D eigenvalue weighted by molar-refractivity contribution is 9.10. The van der Waals surface area contributed by atoms with Crippen molar-refractivity contribution in [3.8, 4) is 5.75 Å². The summed E-state index contributed by atoms with van der Waals surface area (Å²) in [6.07, 6.45) is 0.309. The normalized spacial score (nSPS) is 18.9. The van der Waals surface area contributed by atoms with E-state index in [-0.39, 0.29) is 24.9 Å². The van der Waals surface area contributed by atoms with E-state index in [4.69, 9.17) is 19.6 Å². The lowest BCUT2D eigenvalue weighted by molar-refractivity contribution is -0.128. The SMILES string of the molecule is C[C@H]1OC(c2ccc(OCCCO)cc2)=N[C@@]1(Cc1ccc(Br)cc1)C(=O)NCc1ccccc1F. The first-order valence-corrected chi connectivity index (χ1v) is 12.6. The lowest BCUT2D eigenvalue weighted by atomic mass is 9.86. The van der Waals surface area contributed by atoms with E-state index in [1.54, 1.807) is 30.3 Å². The monoisotopic (exact) mass is 554 g/mol. The number of aliphatic hydroxyl groups is 1. The van der Waals surface area contributed by atoms with Crippen LogP contribution in [0.25, 0.3) is 0 Å². The van der Waals surface area contributed by atoms with Crippen LogP contribution in [0, 0.1) is 5.82 Å². The molecule has 0 aliphatic carbocycles. The largest absolute Gasteiger partial charge is 0.494 e.